The average Bonchev–Trinajstić information content (AvgIpc) is 2.44. The van der Waals surface area contributed by atoms with Crippen LogP contribution in [0.2, 0.25) is 0 Å². The van der Waals surface area contributed by atoms with E-state index in [2.05, 4.69) is 19.2 Å². The van der Waals surface area contributed by atoms with Crippen LogP contribution < -0.4 is 5.32 Å². The summed E-state index contributed by atoms with van der Waals surface area (Å²) in [5, 5.41) is 3.84. The van der Waals surface area contributed by atoms with Crippen LogP contribution >= 0.6 is 11.8 Å². The van der Waals surface area contributed by atoms with Gasteiger partial charge in [-0.1, -0.05) is 26.7 Å². The van der Waals surface area contributed by atoms with Crippen molar-refractivity contribution in [2.45, 2.75) is 56.5 Å². The molecule has 1 N–H and O–H groups in total. The number of fused-ring (bicyclic) bond motifs is 1. The number of hydrogen-bond acceptors (Lipinski definition) is 2. The Morgan fingerprint density at radius 3 is 2.90 bits per heavy atom. The van der Waals surface area contributed by atoms with Crippen molar-refractivity contribution in [3.63, 3.8) is 0 Å². The van der Waals surface area contributed by atoms with Gasteiger partial charge in [-0.05, 0) is 54.2 Å². The first-order chi connectivity index (χ1) is 9.65. The van der Waals surface area contributed by atoms with E-state index in [0.717, 1.165) is 24.0 Å². The van der Waals surface area contributed by atoms with Crippen LogP contribution in [-0.4, -0.2) is 11.8 Å². The van der Waals surface area contributed by atoms with Crippen LogP contribution in [0.1, 0.15) is 51.1 Å². The third kappa shape index (κ3) is 2.89. The van der Waals surface area contributed by atoms with Crippen LogP contribution in [0, 0.1) is 17.7 Å². The van der Waals surface area contributed by atoms with Crippen molar-refractivity contribution < 1.29 is 4.39 Å². The van der Waals surface area contributed by atoms with E-state index in [-0.39, 0.29) is 5.82 Å². The average molecular weight is 293 g/mol. The minimum Gasteiger partial charge on any atom is -0.307 e. The number of hydrogen-bond donors (Lipinski definition) is 1. The minimum atomic E-state index is -0.108. The third-order valence-corrected chi connectivity index (χ3v) is 6.26. The molecule has 1 aromatic rings. The van der Waals surface area contributed by atoms with Crippen molar-refractivity contribution in [1.29, 1.82) is 0 Å². The maximum atomic E-state index is 13.5. The first kappa shape index (κ1) is 14.4. The van der Waals surface area contributed by atoms with E-state index in [9.17, 15) is 4.39 Å². The zero-order valence-corrected chi connectivity index (χ0v) is 13.2. The Balaban J connectivity index is 1.77. The highest BCUT2D eigenvalue weighted by atomic mass is 32.2. The lowest BCUT2D eigenvalue weighted by molar-refractivity contribution is 0.191. The number of nitrogens with one attached hydrogen (secondary N) is 1. The van der Waals surface area contributed by atoms with E-state index in [1.165, 1.54) is 29.7 Å². The standard InChI is InChI=1S/C17H24FNS/c1-11-4-3-5-15(12(11)2)19-16-8-9-20-17-7-6-13(18)10-14(16)17/h6-7,10-12,15-16,19H,3-5,8-9H2,1-2H3. The molecular weight excluding hydrogens is 269 g/mol. The Labute approximate surface area is 125 Å². The molecule has 1 saturated carbocycles. The highest BCUT2D eigenvalue weighted by Gasteiger charge is 2.30. The summed E-state index contributed by atoms with van der Waals surface area (Å²) in [6, 6.07) is 6.17. The van der Waals surface area contributed by atoms with E-state index in [4.69, 9.17) is 0 Å². The second-order valence-electron chi connectivity index (χ2n) is 6.41. The van der Waals surface area contributed by atoms with Crippen molar-refractivity contribution in [2.75, 3.05) is 5.75 Å². The second kappa shape index (κ2) is 6.07. The van der Waals surface area contributed by atoms with Gasteiger partial charge in [-0.25, -0.2) is 4.39 Å². The molecule has 110 valence electrons. The maximum absolute atomic E-state index is 13.5. The largest absolute Gasteiger partial charge is 0.307 e. The molecule has 0 aromatic heterocycles. The van der Waals surface area contributed by atoms with Gasteiger partial charge >= 0.3 is 0 Å². The fourth-order valence-electron chi connectivity index (χ4n) is 3.61. The van der Waals surface area contributed by atoms with E-state index >= 15 is 0 Å². The summed E-state index contributed by atoms with van der Waals surface area (Å²) in [5.41, 5.74) is 1.17. The summed E-state index contributed by atoms with van der Waals surface area (Å²) < 4.78 is 13.5. The molecular formula is C17H24FNS. The zero-order chi connectivity index (χ0) is 14.1. The van der Waals surface area contributed by atoms with E-state index in [1.807, 2.05) is 17.8 Å². The number of benzene rings is 1. The number of thioether (sulfide) groups is 1. The second-order valence-corrected chi connectivity index (χ2v) is 7.55. The van der Waals surface area contributed by atoms with Crippen LogP contribution in [0.4, 0.5) is 4.39 Å². The molecule has 0 radical (unpaired) electrons. The van der Waals surface area contributed by atoms with Gasteiger partial charge in [-0.15, -0.1) is 11.8 Å². The van der Waals surface area contributed by atoms with Crippen LogP contribution in [0.5, 0.6) is 0 Å². The van der Waals surface area contributed by atoms with Gasteiger partial charge in [0.25, 0.3) is 0 Å². The third-order valence-electron chi connectivity index (χ3n) is 5.13. The Morgan fingerprint density at radius 1 is 1.20 bits per heavy atom. The van der Waals surface area contributed by atoms with Crippen molar-refractivity contribution in [3.05, 3.63) is 29.6 Å². The molecule has 4 unspecified atom stereocenters. The monoisotopic (exact) mass is 293 g/mol. The lowest BCUT2D eigenvalue weighted by Crippen LogP contribution is -2.43. The van der Waals surface area contributed by atoms with Crippen LogP contribution in [0.25, 0.3) is 0 Å². The van der Waals surface area contributed by atoms with Crippen LogP contribution in [0.3, 0.4) is 0 Å². The van der Waals surface area contributed by atoms with Crippen molar-refractivity contribution >= 4 is 11.8 Å². The van der Waals surface area contributed by atoms with Crippen molar-refractivity contribution in [2.24, 2.45) is 11.8 Å². The van der Waals surface area contributed by atoms with Gasteiger partial charge in [-0.3, -0.25) is 0 Å². The van der Waals surface area contributed by atoms with Gasteiger partial charge < -0.3 is 5.32 Å². The molecule has 1 fully saturated rings. The predicted octanol–water partition coefficient (Wildman–Crippen LogP) is 4.78. The first-order valence-corrected chi connectivity index (χ1v) is 8.82. The molecule has 0 bridgehead atoms. The molecule has 3 rings (SSSR count). The van der Waals surface area contributed by atoms with Gasteiger partial charge in [0.05, 0.1) is 0 Å². The first-order valence-electron chi connectivity index (χ1n) is 7.83. The van der Waals surface area contributed by atoms with Gasteiger partial charge in [0, 0.05) is 17.0 Å². The van der Waals surface area contributed by atoms with Gasteiger partial charge in [0.15, 0.2) is 0 Å². The highest BCUT2D eigenvalue weighted by molar-refractivity contribution is 7.99. The molecule has 20 heavy (non-hydrogen) atoms. The Morgan fingerprint density at radius 2 is 2.05 bits per heavy atom. The van der Waals surface area contributed by atoms with Gasteiger partial charge in [-0.2, -0.15) is 0 Å². The lowest BCUT2D eigenvalue weighted by atomic mass is 9.77. The molecule has 1 aromatic carbocycles. The zero-order valence-electron chi connectivity index (χ0n) is 12.4. The topological polar surface area (TPSA) is 12.0 Å². The summed E-state index contributed by atoms with van der Waals surface area (Å²) in [5.74, 6) is 2.54. The summed E-state index contributed by atoms with van der Waals surface area (Å²) in [7, 11) is 0. The maximum Gasteiger partial charge on any atom is 0.123 e. The molecule has 0 spiro atoms. The van der Waals surface area contributed by atoms with E-state index < -0.39 is 0 Å². The van der Waals surface area contributed by atoms with Crippen LogP contribution in [-0.2, 0) is 0 Å². The molecule has 4 atom stereocenters. The highest BCUT2D eigenvalue weighted by Crippen LogP contribution is 2.38. The molecule has 3 heteroatoms. The number of halogens is 1. The van der Waals surface area contributed by atoms with Crippen molar-refractivity contribution in [3.8, 4) is 0 Å². The Hall–Kier alpha value is -0.540. The summed E-state index contributed by atoms with van der Waals surface area (Å²) >= 11 is 1.86. The predicted molar refractivity (Wildman–Crippen MR) is 83.6 cm³/mol. The smallest absolute Gasteiger partial charge is 0.123 e. The van der Waals surface area contributed by atoms with Gasteiger partial charge in [0.2, 0.25) is 0 Å². The normalized spacial score (nSPS) is 33.8. The fraction of sp³-hybridized carbons (Fsp3) is 0.647. The molecule has 2 aliphatic rings. The van der Waals surface area contributed by atoms with Crippen LogP contribution in [0.15, 0.2) is 23.1 Å². The Kier molecular flexibility index (Phi) is 4.37. The molecule has 0 amide bonds. The SMILES string of the molecule is CC1CCCC(NC2CCSc3ccc(F)cc32)C1C. The summed E-state index contributed by atoms with van der Waals surface area (Å²) in [4.78, 5) is 1.26. The molecule has 1 aliphatic carbocycles. The van der Waals surface area contributed by atoms with E-state index in [0.29, 0.717) is 12.1 Å². The molecule has 0 saturated heterocycles. The molecule has 1 nitrogen and oxygen atoms in total. The van der Waals surface area contributed by atoms with Crippen molar-refractivity contribution in [1.82, 2.24) is 5.32 Å². The number of rotatable bonds is 2. The van der Waals surface area contributed by atoms with Gasteiger partial charge in [0.1, 0.15) is 5.82 Å². The fourth-order valence-corrected chi connectivity index (χ4v) is 4.72. The molecule has 1 aliphatic heterocycles. The summed E-state index contributed by atoms with van der Waals surface area (Å²) in [6.07, 6.45) is 5.05. The lowest BCUT2D eigenvalue weighted by Gasteiger charge is -2.38. The minimum absolute atomic E-state index is 0.108. The summed E-state index contributed by atoms with van der Waals surface area (Å²) in [6.45, 7) is 4.73. The Bertz CT molecular complexity index is 476. The molecule has 1 heterocycles. The van der Waals surface area contributed by atoms with E-state index in [1.54, 1.807) is 12.1 Å². The quantitative estimate of drug-likeness (QED) is 0.842.